The van der Waals surface area contributed by atoms with Crippen molar-refractivity contribution in [3.63, 3.8) is 0 Å². The number of carbonyl (C=O) groups excluding carboxylic acids is 1. The van der Waals surface area contributed by atoms with Gasteiger partial charge in [-0.3, -0.25) is 14.9 Å². The van der Waals surface area contributed by atoms with Crippen molar-refractivity contribution in [2.24, 2.45) is 5.90 Å². The van der Waals surface area contributed by atoms with Gasteiger partial charge < -0.3 is 10.6 Å². The molecule has 48 heavy (non-hydrogen) atoms. The van der Waals surface area contributed by atoms with E-state index in [0.29, 0.717) is 52.5 Å². The van der Waals surface area contributed by atoms with Gasteiger partial charge in [-0.2, -0.15) is 9.97 Å². The monoisotopic (exact) mass is 676 g/mol. The number of fused-ring (bicyclic) bond motifs is 2. The molecule has 0 aliphatic heterocycles. The zero-order chi connectivity index (χ0) is 34.6. The summed E-state index contributed by atoms with van der Waals surface area (Å²) in [6.45, 7) is 6.09. The van der Waals surface area contributed by atoms with Gasteiger partial charge in [0.1, 0.15) is 22.7 Å². The summed E-state index contributed by atoms with van der Waals surface area (Å²) in [5.74, 6) is 4.29. The van der Waals surface area contributed by atoms with Gasteiger partial charge in [0, 0.05) is 18.1 Å². The summed E-state index contributed by atoms with van der Waals surface area (Å²) in [5.41, 5.74) is 13.3. The maximum absolute atomic E-state index is 13.0. The fourth-order valence-corrected chi connectivity index (χ4v) is 4.22. The first-order valence-corrected chi connectivity index (χ1v) is 14.8. The van der Waals surface area contributed by atoms with Crippen molar-refractivity contribution in [1.82, 2.24) is 29.9 Å². The lowest BCUT2D eigenvalue weighted by molar-refractivity contribution is -0.114. The molecule has 4 heterocycles. The van der Waals surface area contributed by atoms with Gasteiger partial charge >= 0.3 is 0 Å². The smallest absolute Gasteiger partial charge is 0.231 e. The van der Waals surface area contributed by atoms with Gasteiger partial charge in [0.2, 0.25) is 17.8 Å². The van der Waals surface area contributed by atoms with Crippen LogP contribution in [0.25, 0.3) is 44.6 Å². The van der Waals surface area contributed by atoms with E-state index in [1.807, 2.05) is 13.8 Å². The van der Waals surface area contributed by atoms with E-state index in [2.05, 4.69) is 51.4 Å². The Hall–Kier alpha value is -5.48. The second kappa shape index (κ2) is 16.9. The normalized spacial score (nSPS) is 10.5. The minimum Gasteiger partial charge on any atom is -0.368 e. The number of pyridine rings is 2. The first-order chi connectivity index (χ1) is 23.1. The fraction of sp³-hybridized carbons (Fsp3) is 0.156. The number of rotatable bonds is 7. The molecule has 16 heteroatoms. The Balaban J connectivity index is 0.000000195. The third-order valence-electron chi connectivity index (χ3n) is 6.11. The lowest BCUT2D eigenvalue weighted by Crippen LogP contribution is -2.09. The van der Waals surface area contributed by atoms with Crippen LogP contribution in [0.1, 0.15) is 20.8 Å². The molecule has 1 amide bonds. The van der Waals surface area contributed by atoms with Crippen molar-refractivity contribution in [2.45, 2.75) is 20.8 Å². The predicted molar refractivity (Wildman–Crippen MR) is 180 cm³/mol. The molecule has 6 rings (SSSR count). The molecule has 248 valence electrons. The quantitative estimate of drug-likeness (QED) is 0.112. The molecule has 0 spiro atoms. The average Bonchev–Trinajstić information content (AvgIpc) is 3.08. The molecule has 0 bridgehead atoms. The molecule has 0 saturated carbocycles. The largest absolute Gasteiger partial charge is 0.368 e. The molecule has 6 aromatic rings. The maximum Gasteiger partial charge on any atom is 0.231 e. The molecule has 0 unspecified atom stereocenters. The Morgan fingerprint density at radius 1 is 0.750 bits per heavy atom. The van der Waals surface area contributed by atoms with Crippen molar-refractivity contribution in [3.05, 3.63) is 89.6 Å². The third kappa shape index (κ3) is 9.52. The van der Waals surface area contributed by atoms with Gasteiger partial charge in [-0.15, -0.1) is 0 Å². The maximum atomic E-state index is 13.0. The Morgan fingerprint density at radius 3 is 1.77 bits per heavy atom. The van der Waals surface area contributed by atoms with Crippen molar-refractivity contribution < 1.29 is 23.3 Å². The summed E-state index contributed by atoms with van der Waals surface area (Å²) in [4.78, 5) is 45.6. The highest BCUT2D eigenvalue weighted by molar-refractivity contribution is 6.33. The number of nitrogens with two attached hydrogens (primary N) is 2. The van der Waals surface area contributed by atoms with Crippen molar-refractivity contribution in [1.29, 1.82) is 0 Å². The van der Waals surface area contributed by atoms with E-state index in [4.69, 9.17) is 22.2 Å². The van der Waals surface area contributed by atoms with E-state index in [-0.39, 0.29) is 34.6 Å². The Morgan fingerprint density at radius 2 is 1.27 bits per heavy atom. The molecule has 6 N–H and O–H groups in total. The number of hydrogen-bond acceptors (Lipinski definition) is 12. The number of carbonyl (C=O) groups is 1. The summed E-state index contributed by atoms with van der Waals surface area (Å²) >= 11 is 6.11. The highest BCUT2D eigenvalue weighted by Crippen LogP contribution is 2.26. The van der Waals surface area contributed by atoms with Crippen molar-refractivity contribution in [3.8, 4) is 22.5 Å². The molecule has 0 aliphatic rings. The first-order valence-electron chi connectivity index (χ1n) is 14.4. The molecular weight excluding hydrogens is 646 g/mol. The summed E-state index contributed by atoms with van der Waals surface area (Å²) < 4.78 is 26.0. The third-order valence-corrected chi connectivity index (χ3v) is 6.37. The number of aromatic nitrogens is 6. The van der Waals surface area contributed by atoms with E-state index >= 15 is 0 Å². The molecule has 0 radical (unpaired) electrons. The van der Waals surface area contributed by atoms with Crippen molar-refractivity contribution in [2.75, 3.05) is 29.7 Å². The number of amides is 1. The van der Waals surface area contributed by atoms with Crippen molar-refractivity contribution >= 4 is 57.3 Å². The summed E-state index contributed by atoms with van der Waals surface area (Å²) in [7, 11) is 0. The lowest BCUT2D eigenvalue weighted by atomic mass is 10.1. The van der Waals surface area contributed by atoms with Gasteiger partial charge in [-0.25, -0.2) is 40.1 Å². The zero-order valence-electron chi connectivity index (χ0n) is 26.0. The van der Waals surface area contributed by atoms with Gasteiger partial charge in [0.15, 0.2) is 11.0 Å². The number of nitrogens with zero attached hydrogens (tertiary/aromatic N) is 6. The summed E-state index contributed by atoms with van der Waals surface area (Å²) in [6.07, 6.45) is 0. The van der Waals surface area contributed by atoms with Gasteiger partial charge in [0.25, 0.3) is 0 Å². The van der Waals surface area contributed by atoms with Gasteiger partial charge in [-0.1, -0.05) is 11.6 Å². The van der Waals surface area contributed by atoms with E-state index in [9.17, 15) is 13.6 Å². The summed E-state index contributed by atoms with van der Waals surface area (Å²) in [5, 5.41) is 2.61. The minimum absolute atomic E-state index is 0.126. The van der Waals surface area contributed by atoms with E-state index in [1.165, 1.54) is 31.2 Å². The van der Waals surface area contributed by atoms with Crippen LogP contribution in [0.3, 0.4) is 0 Å². The van der Waals surface area contributed by atoms with Crippen LogP contribution in [-0.4, -0.2) is 49.0 Å². The Bertz CT molecular complexity index is 2000. The van der Waals surface area contributed by atoms with E-state index < -0.39 is 0 Å². The molecule has 0 fully saturated rings. The van der Waals surface area contributed by atoms with Crippen LogP contribution in [0.4, 0.5) is 26.5 Å². The molecule has 0 saturated heterocycles. The molecule has 2 aromatic carbocycles. The van der Waals surface area contributed by atoms with Crippen LogP contribution < -0.4 is 22.4 Å². The SMILES string of the molecule is CC(=O)Nc1nc(Cl)c2nc(-c3ccc(F)cc3)ccc2n1.CCON.CCONc1nc(N)nc2ccc(-c3ccc(F)cc3)nc12. The number of nitrogen functional groups attached to an aromatic ring is 1. The van der Waals surface area contributed by atoms with Gasteiger partial charge in [-0.05, 0) is 86.6 Å². The van der Waals surface area contributed by atoms with Crippen LogP contribution in [0.2, 0.25) is 5.15 Å². The van der Waals surface area contributed by atoms with Crippen LogP contribution in [0.5, 0.6) is 0 Å². The van der Waals surface area contributed by atoms with Gasteiger partial charge in [0.05, 0.1) is 35.6 Å². The molecule has 0 atom stereocenters. The molecule has 13 nitrogen and oxygen atoms in total. The fourth-order valence-electron chi connectivity index (χ4n) is 4.00. The first kappa shape index (κ1) is 35.4. The number of anilines is 3. The highest BCUT2D eigenvalue weighted by Gasteiger charge is 2.12. The molecule has 4 aromatic heterocycles. The highest BCUT2D eigenvalue weighted by atomic mass is 35.5. The van der Waals surface area contributed by atoms with E-state index in [1.54, 1.807) is 48.5 Å². The van der Waals surface area contributed by atoms with Crippen LogP contribution >= 0.6 is 11.6 Å². The van der Waals surface area contributed by atoms with Crippen LogP contribution in [0, 0.1) is 11.6 Å². The topological polar surface area (TPSA) is 189 Å². The zero-order valence-corrected chi connectivity index (χ0v) is 26.8. The number of nitrogens with one attached hydrogen (secondary N) is 2. The number of halogens is 3. The van der Waals surface area contributed by atoms with Crippen LogP contribution in [-0.2, 0) is 14.5 Å². The Labute approximate surface area is 278 Å². The molecular formula is C32H31ClF2N10O3. The second-order valence-electron chi connectivity index (χ2n) is 9.58. The number of hydrogen-bond donors (Lipinski definition) is 4. The summed E-state index contributed by atoms with van der Waals surface area (Å²) in [6, 6.07) is 19.1. The van der Waals surface area contributed by atoms with E-state index in [0.717, 1.165) is 11.1 Å². The lowest BCUT2D eigenvalue weighted by Gasteiger charge is -2.09. The average molecular weight is 677 g/mol. The van der Waals surface area contributed by atoms with Crippen LogP contribution in [0.15, 0.2) is 72.8 Å². The second-order valence-corrected chi connectivity index (χ2v) is 9.94. The molecule has 0 aliphatic carbocycles. The predicted octanol–water partition coefficient (Wildman–Crippen LogP) is 6.12. The standard InChI is InChI=1S/C15H10ClFN4O.C15H14FN5O.C2H7NO/c1-8(22)18-15-20-12-7-6-11(19-13(12)14(16)21-15)9-2-4-10(17)5-3-9;1-2-22-21-14-13-12(19-15(17)20-14)8-7-11(18-13)9-3-5-10(16)6-4-9;1-2-4-3/h2-7H,1H3,(H,18,20,21,22);3-8H,2H2,1H3,(H3,17,19,20,21);2-3H2,1H3. The minimum atomic E-state index is -0.314. The Kier molecular flexibility index (Phi) is 12.5. The number of benzene rings is 2.